The van der Waals surface area contributed by atoms with Gasteiger partial charge in [0.05, 0.1) is 0 Å². The van der Waals surface area contributed by atoms with Gasteiger partial charge < -0.3 is 9.73 Å². The highest BCUT2D eigenvalue weighted by Crippen LogP contribution is 2.27. The molecule has 0 radical (unpaired) electrons. The van der Waals surface area contributed by atoms with Crippen LogP contribution in [0.4, 0.5) is 0 Å². The first-order valence-electron chi connectivity index (χ1n) is 9.42. The van der Waals surface area contributed by atoms with E-state index in [0.717, 1.165) is 34.6 Å². The molecule has 27 heavy (non-hydrogen) atoms. The summed E-state index contributed by atoms with van der Waals surface area (Å²) in [5.41, 5.74) is 2.69. The molecule has 4 aromatic rings. The summed E-state index contributed by atoms with van der Waals surface area (Å²) < 4.78 is 5.44. The van der Waals surface area contributed by atoms with Crippen LogP contribution in [-0.4, -0.2) is 6.04 Å². The predicted octanol–water partition coefficient (Wildman–Crippen LogP) is 5.06. The van der Waals surface area contributed by atoms with Crippen molar-refractivity contribution in [1.82, 2.24) is 5.32 Å². The Morgan fingerprint density at radius 1 is 0.963 bits per heavy atom. The Kier molecular flexibility index (Phi) is 5.03. The maximum absolute atomic E-state index is 12.0. The van der Waals surface area contributed by atoms with Gasteiger partial charge in [-0.05, 0) is 47.7 Å². The molecule has 0 saturated heterocycles. The summed E-state index contributed by atoms with van der Waals surface area (Å²) in [5, 5.41) is 6.86. The molecule has 0 spiro atoms. The minimum absolute atomic E-state index is 0.300. The van der Waals surface area contributed by atoms with Crippen molar-refractivity contribution in [3.05, 3.63) is 94.3 Å². The van der Waals surface area contributed by atoms with Crippen molar-refractivity contribution >= 4 is 21.7 Å². The monoisotopic (exact) mass is 357 g/mol. The van der Waals surface area contributed by atoms with Crippen molar-refractivity contribution in [2.75, 3.05) is 0 Å². The van der Waals surface area contributed by atoms with E-state index in [9.17, 15) is 4.79 Å². The second-order valence-corrected chi connectivity index (χ2v) is 7.06. The molecule has 1 N–H and O–H groups in total. The van der Waals surface area contributed by atoms with Crippen molar-refractivity contribution in [3.8, 4) is 0 Å². The lowest BCUT2D eigenvalue weighted by molar-refractivity contribution is 0.510. The third kappa shape index (κ3) is 3.93. The van der Waals surface area contributed by atoms with E-state index in [0.29, 0.717) is 18.2 Å². The molecular weight excluding hydrogens is 334 g/mol. The van der Waals surface area contributed by atoms with Gasteiger partial charge in [0.2, 0.25) is 0 Å². The fourth-order valence-electron chi connectivity index (χ4n) is 3.57. The number of fused-ring (bicyclic) bond motifs is 3. The van der Waals surface area contributed by atoms with Gasteiger partial charge in [-0.25, -0.2) is 4.79 Å². The number of rotatable bonds is 6. The van der Waals surface area contributed by atoms with Crippen LogP contribution in [0.5, 0.6) is 0 Å². The molecule has 3 nitrogen and oxygen atoms in total. The highest BCUT2D eigenvalue weighted by atomic mass is 16.4. The van der Waals surface area contributed by atoms with E-state index >= 15 is 0 Å². The van der Waals surface area contributed by atoms with E-state index < -0.39 is 0 Å². The summed E-state index contributed by atoms with van der Waals surface area (Å²) in [6.45, 7) is 2.83. The number of benzene rings is 3. The second kappa shape index (κ2) is 7.77. The van der Waals surface area contributed by atoms with Crippen LogP contribution in [0, 0.1) is 0 Å². The van der Waals surface area contributed by atoms with E-state index in [1.807, 2.05) is 30.3 Å². The SMILES string of the molecule is C[C@@H](CCc1ccccc1)NCc1cc(=O)oc2ccc3ccccc3c12. The molecule has 1 atom stereocenters. The first-order valence-corrected chi connectivity index (χ1v) is 9.42. The van der Waals surface area contributed by atoms with Crippen LogP contribution in [-0.2, 0) is 13.0 Å². The average molecular weight is 357 g/mol. The normalized spacial score (nSPS) is 12.5. The number of hydrogen-bond donors (Lipinski definition) is 1. The third-order valence-electron chi connectivity index (χ3n) is 5.06. The minimum atomic E-state index is -0.300. The molecule has 0 bridgehead atoms. The van der Waals surface area contributed by atoms with Gasteiger partial charge in [0.15, 0.2) is 0 Å². The molecule has 136 valence electrons. The van der Waals surface area contributed by atoms with E-state index in [-0.39, 0.29) is 5.63 Å². The molecule has 3 heteroatoms. The summed E-state index contributed by atoms with van der Waals surface area (Å²) in [7, 11) is 0. The van der Waals surface area contributed by atoms with Crippen LogP contribution >= 0.6 is 0 Å². The standard InChI is InChI=1S/C24H23NO2/c1-17(11-12-18-7-3-2-4-8-18)25-16-20-15-23(26)27-22-14-13-19-9-5-6-10-21(19)24(20)22/h2-10,13-15,17,25H,11-12,16H2,1H3/t17-/m0/s1. The summed E-state index contributed by atoms with van der Waals surface area (Å²) >= 11 is 0. The summed E-state index contributed by atoms with van der Waals surface area (Å²) in [6, 6.07) is 24.6. The lowest BCUT2D eigenvalue weighted by Crippen LogP contribution is -2.26. The minimum Gasteiger partial charge on any atom is -0.423 e. The highest BCUT2D eigenvalue weighted by Gasteiger charge is 2.11. The Morgan fingerprint density at radius 2 is 1.74 bits per heavy atom. The van der Waals surface area contributed by atoms with Gasteiger partial charge in [0, 0.05) is 24.0 Å². The van der Waals surface area contributed by atoms with Crippen LogP contribution in [0.3, 0.4) is 0 Å². The van der Waals surface area contributed by atoms with Crippen molar-refractivity contribution in [3.63, 3.8) is 0 Å². The van der Waals surface area contributed by atoms with Crippen molar-refractivity contribution in [2.45, 2.75) is 32.4 Å². The Balaban J connectivity index is 1.56. The molecule has 0 amide bonds. The van der Waals surface area contributed by atoms with Gasteiger partial charge in [0.1, 0.15) is 5.58 Å². The molecule has 0 saturated carbocycles. The molecule has 0 aliphatic heterocycles. The average Bonchev–Trinajstić information content (AvgIpc) is 2.70. The Morgan fingerprint density at radius 3 is 2.59 bits per heavy atom. The zero-order valence-electron chi connectivity index (χ0n) is 15.4. The van der Waals surface area contributed by atoms with Gasteiger partial charge in [0.25, 0.3) is 0 Å². The number of aryl methyl sites for hydroxylation is 1. The van der Waals surface area contributed by atoms with Crippen molar-refractivity contribution < 1.29 is 4.42 Å². The summed E-state index contributed by atoms with van der Waals surface area (Å²) in [6.07, 6.45) is 2.08. The lowest BCUT2D eigenvalue weighted by atomic mass is 10.0. The first-order chi connectivity index (χ1) is 13.2. The van der Waals surface area contributed by atoms with Crippen LogP contribution in [0.25, 0.3) is 21.7 Å². The van der Waals surface area contributed by atoms with Crippen LogP contribution < -0.4 is 10.9 Å². The second-order valence-electron chi connectivity index (χ2n) is 7.06. The van der Waals surface area contributed by atoms with Crippen LogP contribution in [0.15, 0.2) is 82.0 Å². The molecule has 0 unspecified atom stereocenters. The lowest BCUT2D eigenvalue weighted by Gasteiger charge is -2.15. The zero-order chi connectivity index (χ0) is 18.6. The molecule has 4 rings (SSSR count). The van der Waals surface area contributed by atoms with Gasteiger partial charge in [-0.2, -0.15) is 0 Å². The van der Waals surface area contributed by atoms with Crippen LogP contribution in [0.2, 0.25) is 0 Å². The maximum Gasteiger partial charge on any atom is 0.336 e. The fourth-order valence-corrected chi connectivity index (χ4v) is 3.57. The molecule has 0 fully saturated rings. The molecule has 0 aliphatic carbocycles. The summed E-state index contributed by atoms with van der Waals surface area (Å²) in [5.74, 6) is 0. The third-order valence-corrected chi connectivity index (χ3v) is 5.06. The van der Waals surface area contributed by atoms with Gasteiger partial charge in [-0.3, -0.25) is 0 Å². The largest absolute Gasteiger partial charge is 0.423 e. The Bertz CT molecular complexity index is 1120. The topological polar surface area (TPSA) is 42.2 Å². The molecule has 1 heterocycles. The smallest absolute Gasteiger partial charge is 0.336 e. The molecule has 0 aliphatic rings. The van der Waals surface area contributed by atoms with E-state index in [2.05, 4.69) is 48.6 Å². The molecule has 1 aromatic heterocycles. The summed E-state index contributed by atoms with van der Waals surface area (Å²) in [4.78, 5) is 12.0. The predicted molar refractivity (Wildman–Crippen MR) is 111 cm³/mol. The van der Waals surface area contributed by atoms with E-state index in [1.54, 1.807) is 6.07 Å². The first kappa shape index (κ1) is 17.5. The van der Waals surface area contributed by atoms with Gasteiger partial charge in [-0.1, -0.05) is 60.7 Å². The fraction of sp³-hybridized carbons (Fsp3) is 0.208. The zero-order valence-corrected chi connectivity index (χ0v) is 15.4. The molecular formula is C24H23NO2. The van der Waals surface area contributed by atoms with Crippen molar-refractivity contribution in [1.29, 1.82) is 0 Å². The van der Waals surface area contributed by atoms with Gasteiger partial charge in [-0.15, -0.1) is 0 Å². The highest BCUT2D eigenvalue weighted by molar-refractivity contribution is 6.07. The van der Waals surface area contributed by atoms with Gasteiger partial charge >= 0.3 is 5.63 Å². The van der Waals surface area contributed by atoms with E-state index in [1.165, 1.54) is 5.56 Å². The Labute approximate surface area is 158 Å². The quantitative estimate of drug-likeness (QED) is 0.387. The Hall–Kier alpha value is -2.91. The number of hydrogen-bond acceptors (Lipinski definition) is 3. The van der Waals surface area contributed by atoms with Crippen molar-refractivity contribution in [2.24, 2.45) is 0 Å². The van der Waals surface area contributed by atoms with E-state index in [4.69, 9.17) is 4.42 Å². The number of nitrogens with one attached hydrogen (secondary N) is 1. The maximum atomic E-state index is 12.0. The van der Waals surface area contributed by atoms with Crippen LogP contribution in [0.1, 0.15) is 24.5 Å². The molecule has 3 aromatic carbocycles.